The van der Waals surface area contributed by atoms with Crippen LogP contribution in [0.2, 0.25) is 0 Å². The van der Waals surface area contributed by atoms with Crippen molar-refractivity contribution < 1.29 is 13.2 Å². The first-order chi connectivity index (χ1) is 9.72. The molecule has 1 aromatic heterocycles. The maximum Gasteiger partial charge on any atom is 0.250 e. The van der Waals surface area contributed by atoms with Gasteiger partial charge < -0.3 is 11.1 Å². The summed E-state index contributed by atoms with van der Waals surface area (Å²) >= 11 is 1.14. The van der Waals surface area contributed by atoms with Gasteiger partial charge in [0.05, 0.1) is 6.54 Å². The van der Waals surface area contributed by atoms with E-state index in [1.165, 1.54) is 6.92 Å². The number of sulfonamides is 1. The molecule has 1 rings (SSSR count). The molecule has 0 aliphatic carbocycles. The lowest BCUT2D eigenvalue weighted by atomic mass is 9.95. The zero-order chi connectivity index (χ0) is 16.1. The van der Waals surface area contributed by atoms with Crippen LogP contribution in [-0.4, -0.2) is 26.4 Å². The van der Waals surface area contributed by atoms with Crippen LogP contribution in [0, 0.1) is 0 Å². The van der Waals surface area contributed by atoms with E-state index in [-0.39, 0.29) is 16.7 Å². The lowest BCUT2D eigenvalue weighted by Gasteiger charge is -2.26. The average molecular weight is 333 g/mol. The van der Waals surface area contributed by atoms with Gasteiger partial charge in [0.2, 0.25) is 15.9 Å². The van der Waals surface area contributed by atoms with Crippen molar-refractivity contribution in [1.82, 2.24) is 10.0 Å². The van der Waals surface area contributed by atoms with Crippen molar-refractivity contribution in [1.29, 1.82) is 0 Å². The highest BCUT2D eigenvalue weighted by Gasteiger charge is 2.24. The molecule has 1 amide bonds. The van der Waals surface area contributed by atoms with Gasteiger partial charge in [-0.15, -0.1) is 11.3 Å². The second-order valence-electron chi connectivity index (χ2n) is 5.02. The van der Waals surface area contributed by atoms with Crippen molar-refractivity contribution in [3.8, 4) is 0 Å². The molecule has 0 saturated carbocycles. The fourth-order valence-electron chi connectivity index (χ4n) is 1.62. The van der Waals surface area contributed by atoms with Gasteiger partial charge >= 0.3 is 0 Å². The summed E-state index contributed by atoms with van der Waals surface area (Å²) in [5.41, 5.74) is 5.57. The summed E-state index contributed by atoms with van der Waals surface area (Å²) in [4.78, 5) is 11.6. The second kappa shape index (κ2) is 7.35. The summed E-state index contributed by atoms with van der Waals surface area (Å²) < 4.78 is 27.2. The molecule has 0 saturated heterocycles. The van der Waals surface area contributed by atoms with Crippen LogP contribution in [0.5, 0.6) is 0 Å². The maximum absolute atomic E-state index is 12.2. The Morgan fingerprint density at radius 2 is 1.95 bits per heavy atom. The second-order valence-corrected chi connectivity index (χ2v) is 8.19. The zero-order valence-corrected chi connectivity index (χ0v) is 14.2. The van der Waals surface area contributed by atoms with Crippen LogP contribution in [0.3, 0.4) is 0 Å². The van der Waals surface area contributed by atoms with Crippen molar-refractivity contribution in [2.45, 2.75) is 49.9 Å². The molecule has 0 radical (unpaired) electrons. The number of amides is 1. The molecule has 120 valence electrons. The molecule has 1 aromatic rings. The van der Waals surface area contributed by atoms with Gasteiger partial charge in [0.25, 0.3) is 0 Å². The van der Waals surface area contributed by atoms with Gasteiger partial charge in [-0.25, -0.2) is 13.1 Å². The van der Waals surface area contributed by atoms with Gasteiger partial charge in [-0.3, -0.25) is 4.79 Å². The Balaban J connectivity index is 2.73. The first kappa shape index (κ1) is 18.1. The van der Waals surface area contributed by atoms with Crippen LogP contribution in [0.25, 0.3) is 0 Å². The van der Waals surface area contributed by atoms with E-state index in [1.54, 1.807) is 12.1 Å². The van der Waals surface area contributed by atoms with Gasteiger partial charge in [-0.1, -0.05) is 13.8 Å². The van der Waals surface area contributed by atoms with E-state index in [1.807, 2.05) is 13.8 Å². The standard InChI is InChI=1S/C13H23N3O3S2/c1-4-13(14,5-2)9-16-21(18,19)12-7-6-11(20-12)8-15-10(3)17/h6-7,16H,4-5,8-9,14H2,1-3H3,(H,15,17). The fourth-order valence-corrected chi connectivity index (χ4v) is 4.10. The number of rotatable bonds is 8. The highest BCUT2D eigenvalue weighted by atomic mass is 32.2. The number of nitrogens with one attached hydrogen (secondary N) is 2. The molecule has 0 spiro atoms. The summed E-state index contributed by atoms with van der Waals surface area (Å²) in [5, 5.41) is 2.64. The first-order valence-corrected chi connectivity index (χ1v) is 9.14. The van der Waals surface area contributed by atoms with Gasteiger partial charge in [0.15, 0.2) is 0 Å². The number of thiophene rings is 1. The molecule has 21 heavy (non-hydrogen) atoms. The van der Waals surface area contributed by atoms with E-state index >= 15 is 0 Å². The predicted octanol–water partition coefficient (Wildman–Crippen LogP) is 1.18. The van der Waals surface area contributed by atoms with Crippen molar-refractivity contribution in [2.24, 2.45) is 5.73 Å². The first-order valence-electron chi connectivity index (χ1n) is 6.84. The van der Waals surface area contributed by atoms with Crippen LogP contribution >= 0.6 is 11.3 Å². The van der Waals surface area contributed by atoms with E-state index < -0.39 is 15.6 Å². The van der Waals surface area contributed by atoms with Crippen molar-refractivity contribution >= 4 is 27.3 Å². The minimum Gasteiger partial charge on any atom is -0.351 e. The molecule has 0 aliphatic heterocycles. The molecule has 0 fully saturated rings. The van der Waals surface area contributed by atoms with Crippen LogP contribution in [0.15, 0.2) is 16.3 Å². The SMILES string of the molecule is CCC(N)(CC)CNS(=O)(=O)c1ccc(CNC(C)=O)s1. The third-order valence-corrected chi connectivity index (χ3v) is 6.41. The molecule has 0 bridgehead atoms. The summed E-state index contributed by atoms with van der Waals surface area (Å²) in [6.07, 6.45) is 1.40. The molecule has 1 heterocycles. The predicted molar refractivity (Wildman–Crippen MR) is 84.5 cm³/mol. The third kappa shape index (κ3) is 5.39. The lowest BCUT2D eigenvalue weighted by Crippen LogP contribution is -2.49. The van der Waals surface area contributed by atoms with Gasteiger partial charge in [0.1, 0.15) is 4.21 Å². The minimum atomic E-state index is -3.56. The minimum absolute atomic E-state index is 0.148. The molecule has 0 atom stereocenters. The molecule has 4 N–H and O–H groups in total. The Morgan fingerprint density at radius 3 is 2.48 bits per heavy atom. The Morgan fingerprint density at radius 1 is 1.33 bits per heavy atom. The van der Waals surface area contributed by atoms with Crippen molar-refractivity contribution in [3.05, 3.63) is 17.0 Å². The van der Waals surface area contributed by atoms with Crippen LogP contribution in [0.4, 0.5) is 0 Å². The maximum atomic E-state index is 12.2. The van der Waals surface area contributed by atoms with E-state index in [0.29, 0.717) is 19.4 Å². The van der Waals surface area contributed by atoms with E-state index in [9.17, 15) is 13.2 Å². The molecule has 0 aromatic carbocycles. The Bertz CT molecular complexity index is 577. The molecule has 0 unspecified atom stereocenters. The zero-order valence-electron chi connectivity index (χ0n) is 12.6. The molecular weight excluding hydrogens is 310 g/mol. The Kier molecular flexibility index (Phi) is 6.33. The van der Waals surface area contributed by atoms with Crippen LogP contribution < -0.4 is 15.8 Å². The average Bonchev–Trinajstić information content (AvgIpc) is 2.92. The van der Waals surface area contributed by atoms with Crippen molar-refractivity contribution in [3.63, 3.8) is 0 Å². The number of hydrogen-bond acceptors (Lipinski definition) is 5. The van der Waals surface area contributed by atoms with E-state index in [2.05, 4.69) is 10.0 Å². The van der Waals surface area contributed by atoms with Crippen molar-refractivity contribution in [2.75, 3.05) is 6.54 Å². The highest BCUT2D eigenvalue weighted by Crippen LogP contribution is 2.22. The van der Waals surface area contributed by atoms with Gasteiger partial charge in [-0.2, -0.15) is 0 Å². The van der Waals surface area contributed by atoms with Crippen LogP contribution in [-0.2, 0) is 21.4 Å². The molecule has 8 heteroatoms. The van der Waals surface area contributed by atoms with Gasteiger partial charge in [-0.05, 0) is 25.0 Å². The topological polar surface area (TPSA) is 101 Å². The monoisotopic (exact) mass is 333 g/mol. The number of nitrogens with two attached hydrogens (primary N) is 1. The van der Waals surface area contributed by atoms with E-state index in [4.69, 9.17) is 5.73 Å². The third-order valence-electron chi connectivity index (χ3n) is 3.44. The Labute approximate surface area is 130 Å². The summed E-state index contributed by atoms with van der Waals surface area (Å²) in [6, 6.07) is 3.24. The molecule has 0 aliphatic rings. The number of carbonyl (C=O) groups excluding carboxylic acids is 1. The summed E-state index contributed by atoms with van der Waals surface area (Å²) in [7, 11) is -3.56. The quantitative estimate of drug-likeness (QED) is 0.665. The van der Waals surface area contributed by atoms with E-state index in [0.717, 1.165) is 16.2 Å². The number of carbonyl (C=O) groups is 1. The molecule has 6 nitrogen and oxygen atoms in total. The Hall–Kier alpha value is -0.960. The van der Waals surface area contributed by atoms with Gasteiger partial charge in [0, 0.05) is 23.9 Å². The normalized spacial score (nSPS) is 12.4. The highest BCUT2D eigenvalue weighted by molar-refractivity contribution is 7.91. The van der Waals surface area contributed by atoms with Crippen LogP contribution in [0.1, 0.15) is 38.5 Å². The summed E-state index contributed by atoms with van der Waals surface area (Å²) in [5.74, 6) is -0.148. The number of hydrogen-bond donors (Lipinski definition) is 3. The largest absolute Gasteiger partial charge is 0.351 e. The summed E-state index contributed by atoms with van der Waals surface area (Å²) in [6.45, 7) is 5.84. The fraction of sp³-hybridized carbons (Fsp3) is 0.615. The molecular formula is C13H23N3O3S2. The lowest BCUT2D eigenvalue weighted by molar-refractivity contribution is -0.119. The smallest absolute Gasteiger partial charge is 0.250 e.